The van der Waals surface area contributed by atoms with E-state index >= 15 is 0 Å². The second kappa shape index (κ2) is 13.8. The van der Waals surface area contributed by atoms with Gasteiger partial charge < -0.3 is 24.5 Å². The van der Waals surface area contributed by atoms with Crippen molar-refractivity contribution in [3.63, 3.8) is 0 Å². The molecule has 3 aromatic carbocycles. The fourth-order valence-corrected chi connectivity index (χ4v) is 9.70. The molecule has 4 fully saturated rings. The van der Waals surface area contributed by atoms with Gasteiger partial charge in [0, 0.05) is 99.2 Å². The van der Waals surface area contributed by atoms with Crippen LogP contribution in [0.3, 0.4) is 0 Å². The maximum absolute atomic E-state index is 13.1. The number of ether oxygens (including phenoxy) is 1. The molecule has 1 saturated carbocycles. The zero-order valence-corrected chi connectivity index (χ0v) is 29.8. The number of hydrogen-bond donors (Lipinski definition) is 2. The molecule has 6 aliphatic rings. The third-order valence-electron chi connectivity index (χ3n) is 12.9. The maximum Gasteiger partial charge on any atom is 0.255 e. The fraction of sp³-hybridized carbons (Fsp3) is 0.500. The molecule has 0 bridgehead atoms. The number of phenols is 1. The quantitative estimate of drug-likeness (QED) is 0.327. The average Bonchev–Trinajstić information content (AvgIpc) is 3.46. The second-order valence-corrected chi connectivity index (χ2v) is 15.9. The molecule has 3 atom stereocenters. The highest BCUT2D eigenvalue weighted by Gasteiger charge is 2.41. The van der Waals surface area contributed by atoms with E-state index in [1.807, 2.05) is 12.1 Å². The third-order valence-corrected chi connectivity index (χ3v) is 12.9. The van der Waals surface area contributed by atoms with Crippen LogP contribution in [0.15, 0.2) is 60.7 Å². The number of fused-ring (bicyclic) bond motifs is 2. The molecule has 52 heavy (non-hydrogen) atoms. The van der Waals surface area contributed by atoms with E-state index < -0.39 is 6.04 Å². The molecule has 2 N–H and O–H groups in total. The van der Waals surface area contributed by atoms with Gasteiger partial charge in [-0.1, -0.05) is 37.5 Å². The Balaban J connectivity index is 0.768. The molecular weight excluding hydrogens is 654 g/mol. The van der Waals surface area contributed by atoms with Crippen molar-refractivity contribution in [1.29, 1.82) is 0 Å². The number of amides is 3. The van der Waals surface area contributed by atoms with Gasteiger partial charge in [-0.05, 0) is 78.6 Å². The number of hydrogen-bond acceptors (Lipinski definition) is 8. The molecule has 1 unspecified atom stereocenters. The minimum atomic E-state index is -0.583. The normalized spacial score (nSPS) is 25.7. The van der Waals surface area contributed by atoms with Gasteiger partial charge >= 0.3 is 0 Å². The highest BCUT2D eigenvalue weighted by atomic mass is 16.5. The van der Waals surface area contributed by atoms with Gasteiger partial charge in [-0.3, -0.25) is 24.6 Å². The van der Waals surface area contributed by atoms with Gasteiger partial charge in [0.15, 0.2) is 0 Å². The van der Waals surface area contributed by atoms with Crippen LogP contribution >= 0.6 is 0 Å². The Hall–Kier alpha value is -4.57. The number of rotatable bonds is 7. The molecule has 1 aliphatic carbocycles. The van der Waals surface area contributed by atoms with E-state index in [0.717, 1.165) is 69.4 Å². The number of phenolic OH excluding ortho intramolecular Hbond substituents is 1. The molecule has 5 heterocycles. The lowest BCUT2D eigenvalue weighted by molar-refractivity contribution is -0.136. The van der Waals surface area contributed by atoms with Crippen LogP contribution in [0.1, 0.15) is 77.9 Å². The predicted molar refractivity (Wildman–Crippen MR) is 199 cm³/mol. The minimum Gasteiger partial charge on any atom is -0.508 e. The van der Waals surface area contributed by atoms with Gasteiger partial charge in [0.1, 0.15) is 17.5 Å². The van der Waals surface area contributed by atoms with Crippen LogP contribution in [-0.4, -0.2) is 91.1 Å². The summed E-state index contributed by atoms with van der Waals surface area (Å²) in [6.07, 6.45) is 6.93. The lowest BCUT2D eigenvalue weighted by Gasteiger charge is -2.42. The Morgan fingerprint density at radius 1 is 0.788 bits per heavy atom. The van der Waals surface area contributed by atoms with Crippen LogP contribution < -0.4 is 19.9 Å². The Bertz CT molecular complexity index is 1840. The number of aromatic hydroxyl groups is 1. The van der Waals surface area contributed by atoms with Crippen LogP contribution in [0.2, 0.25) is 0 Å². The van der Waals surface area contributed by atoms with E-state index in [9.17, 15) is 19.5 Å². The smallest absolute Gasteiger partial charge is 0.255 e. The van der Waals surface area contributed by atoms with E-state index in [1.165, 1.54) is 48.9 Å². The summed E-state index contributed by atoms with van der Waals surface area (Å²) in [4.78, 5) is 46.4. The zero-order valence-electron chi connectivity index (χ0n) is 29.8. The number of carbonyl (C=O) groups excluding carboxylic acids is 3. The van der Waals surface area contributed by atoms with Gasteiger partial charge in [0.2, 0.25) is 11.8 Å². The van der Waals surface area contributed by atoms with Crippen molar-refractivity contribution in [2.45, 2.75) is 63.5 Å². The minimum absolute atomic E-state index is 0.120. The third kappa shape index (κ3) is 6.29. The number of benzene rings is 3. The predicted octanol–water partition coefficient (Wildman–Crippen LogP) is 5.13. The lowest BCUT2D eigenvalue weighted by Crippen LogP contribution is -2.52. The first-order chi connectivity index (χ1) is 25.4. The summed E-state index contributed by atoms with van der Waals surface area (Å²) in [5.41, 5.74) is 6.63. The van der Waals surface area contributed by atoms with Gasteiger partial charge in [-0.2, -0.15) is 0 Å². The summed E-state index contributed by atoms with van der Waals surface area (Å²) in [5.74, 6) is 2.52. The second-order valence-electron chi connectivity index (χ2n) is 15.9. The SMILES string of the molecule is O=C1CCC(N2Cc3cc(N4CCN(CC5CCN(c6ccc([C@@H]7c8ccc(O)cc8OC[C@@H]7C7CCC7)cc6)CC5)CC4)ccc3C2=O)C(=O)N1. The van der Waals surface area contributed by atoms with Gasteiger partial charge in [-0.15, -0.1) is 0 Å². The highest BCUT2D eigenvalue weighted by molar-refractivity contribution is 6.05. The van der Waals surface area contributed by atoms with Crippen molar-refractivity contribution in [3.05, 3.63) is 82.9 Å². The Morgan fingerprint density at radius 3 is 2.27 bits per heavy atom. The van der Waals surface area contributed by atoms with Crippen molar-refractivity contribution in [3.8, 4) is 11.5 Å². The fourth-order valence-electron chi connectivity index (χ4n) is 9.70. The van der Waals surface area contributed by atoms with Crippen LogP contribution in [0.5, 0.6) is 11.5 Å². The molecule has 3 amide bonds. The van der Waals surface area contributed by atoms with E-state index in [4.69, 9.17) is 4.74 Å². The van der Waals surface area contributed by atoms with Crippen LogP contribution in [0.25, 0.3) is 0 Å². The molecule has 0 radical (unpaired) electrons. The molecule has 3 aromatic rings. The first kappa shape index (κ1) is 33.3. The van der Waals surface area contributed by atoms with Crippen LogP contribution in [-0.2, 0) is 16.1 Å². The topological polar surface area (TPSA) is 106 Å². The first-order valence-corrected chi connectivity index (χ1v) is 19.4. The molecule has 3 saturated heterocycles. The summed E-state index contributed by atoms with van der Waals surface area (Å²) >= 11 is 0. The largest absolute Gasteiger partial charge is 0.508 e. The molecule has 0 aromatic heterocycles. The Morgan fingerprint density at radius 2 is 1.54 bits per heavy atom. The van der Waals surface area contributed by atoms with Crippen molar-refractivity contribution < 1.29 is 24.2 Å². The molecule has 0 spiro atoms. The summed E-state index contributed by atoms with van der Waals surface area (Å²) in [7, 11) is 0. The van der Waals surface area contributed by atoms with Gasteiger partial charge in [-0.25, -0.2) is 0 Å². The summed E-state index contributed by atoms with van der Waals surface area (Å²) in [6, 6.07) is 20.5. The number of piperazine rings is 1. The molecule has 10 nitrogen and oxygen atoms in total. The van der Waals surface area contributed by atoms with E-state index in [1.54, 1.807) is 17.0 Å². The first-order valence-electron chi connectivity index (χ1n) is 19.4. The molecule has 5 aliphatic heterocycles. The van der Waals surface area contributed by atoms with Gasteiger partial charge in [0.05, 0.1) is 6.61 Å². The molecule has 272 valence electrons. The van der Waals surface area contributed by atoms with Crippen molar-refractivity contribution in [1.82, 2.24) is 15.1 Å². The Kier molecular flexibility index (Phi) is 8.81. The van der Waals surface area contributed by atoms with Crippen molar-refractivity contribution >= 4 is 29.1 Å². The average molecular weight is 704 g/mol. The summed E-state index contributed by atoms with van der Waals surface area (Å²) < 4.78 is 6.17. The summed E-state index contributed by atoms with van der Waals surface area (Å²) in [5, 5.41) is 12.5. The molecular formula is C42H49N5O5. The van der Waals surface area contributed by atoms with Crippen molar-refractivity contribution in [2.75, 3.05) is 62.2 Å². The van der Waals surface area contributed by atoms with E-state index in [2.05, 4.69) is 56.4 Å². The number of nitrogens with zero attached hydrogens (tertiary/aromatic N) is 4. The molecule has 10 heteroatoms. The number of carbonyl (C=O) groups is 3. The van der Waals surface area contributed by atoms with Crippen LogP contribution in [0.4, 0.5) is 11.4 Å². The summed E-state index contributed by atoms with van der Waals surface area (Å²) in [6.45, 7) is 8.39. The number of piperidine rings is 2. The van der Waals surface area contributed by atoms with Crippen molar-refractivity contribution in [2.24, 2.45) is 17.8 Å². The lowest BCUT2D eigenvalue weighted by atomic mass is 9.66. The van der Waals surface area contributed by atoms with E-state index in [0.29, 0.717) is 42.2 Å². The Labute approximate surface area is 305 Å². The van der Waals surface area contributed by atoms with E-state index in [-0.39, 0.29) is 29.9 Å². The van der Waals surface area contributed by atoms with Crippen LogP contribution in [0, 0.1) is 17.8 Å². The maximum atomic E-state index is 13.1. The standard InChI is InChI=1S/C42H49N5O5/c48-33-9-11-35-38(23-33)52-26-36(28-2-1-3-28)40(35)29-4-6-31(7-5-29)45-16-14-27(15-17-45)24-44-18-20-46(21-19-44)32-8-10-34-30(22-32)25-47(42(34)51)37-12-13-39(49)43-41(37)50/h4-11,22-23,27-28,36-37,40,48H,1-3,12-21,24-26H2,(H,43,49,50)/t36-,37?,40-/m1/s1. The highest BCUT2D eigenvalue weighted by Crippen LogP contribution is 2.50. The van der Waals surface area contributed by atoms with Gasteiger partial charge in [0.25, 0.3) is 5.91 Å². The monoisotopic (exact) mass is 703 g/mol. The number of imide groups is 1. The zero-order chi connectivity index (χ0) is 35.3. The molecule has 9 rings (SSSR count). The number of nitrogens with one attached hydrogen (secondary N) is 1. The number of anilines is 2.